The maximum absolute atomic E-state index is 12.7. The molecule has 0 aromatic carbocycles. The molecule has 2 heterocycles. The number of imidazole rings is 1. The highest BCUT2D eigenvalue weighted by molar-refractivity contribution is 6.03. The van der Waals surface area contributed by atoms with Crippen molar-refractivity contribution in [1.29, 1.82) is 0 Å². The minimum atomic E-state index is -4.46. The monoisotopic (exact) mass is 283 g/mol. The second-order valence-electron chi connectivity index (χ2n) is 4.43. The van der Waals surface area contributed by atoms with Gasteiger partial charge in [-0.2, -0.15) is 13.2 Å². The van der Waals surface area contributed by atoms with Crippen molar-refractivity contribution in [1.82, 2.24) is 14.3 Å². The third-order valence-corrected chi connectivity index (χ3v) is 2.61. The molecule has 7 heteroatoms. The second-order valence-corrected chi connectivity index (χ2v) is 4.43. The van der Waals surface area contributed by atoms with Crippen molar-refractivity contribution in [2.24, 2.45) is 0 Å². The molecule has 0 unspecified atom stereocenters. The van der Waals surface area contributed by atoms with Crippen LogP contribution >= 0.6 is 0 Å². The number of fused-ring (bicyclic) bond motifs is 1. The summed E-state index contributed by atoms with van der Waals surface area (Å²) < 4.78 is 39.2. The Morgan fingerprint density at radius 1 is 1.35 bits per heavy atom. The maximum Gasteiger partial charge on any atom is 0.417 e. The Kier molecular flexibility index (Phi) is 3.52. The summed E-state index contributed by atoms with van der Waals surface area (Å²) in [7, 11) is 3.47. The molecule has 0 spiro atoms. The fraction of sp³-hybridized carbons (Fsp3) is 0.231. The van der Waals surface area contributed by atoms with Gasteiger partial charge in [-0.05, 0) is 12.1 Å². The van der Waals surface area contributed by atoms with Gasteiger partial charge >= 0.3 is 6.18 Å². The van der Waals surface area contributed by atoms with Gasteiger partial charge in [0.2, 0.25) is 5.78 Å². The quantitative estimate of drug-likeness (QED) is 0.642. The molecule has 0 aliphatic rings. The van der Waals surface area contributed by atoms with E-state index in [0.717, 1.165) is 16.7 Å². The van der Waals surface area contributed by atoms with Gasteiger partial charge in [-0.1, -0.05) is 0 Å². The molecule has 0 saturated heterocycles. The highest BCUT2D eigenvalue weighted by atomic mass is 19.4. The van der Waals surface area contributed by atoms with Crippen LogP contribution in [-0.4, -0.2) is 34.2 Å². The normalized spacial score (nSPS) is 12.2. The van der Waals surface area contributed by atoms with Crippen molar-refractivity contribution in [2.45, 2.75) is 6.18 Å². The van der Waals surface area contributed by atoms with Crippen LogP contribution in [0, 0.1) is 0 Å². The highest BCUT2D eigenvalue weighted by Gasteiger charge is 2.31. The first-order valence-electron chi connectivity index (χ1n) is 5.72. The number of carbonyl (C=O) groups excluding carboxylic acids is 1. The van der Waals surface area contributed by atoms with Gasteiger partial charge in [-0.15, -0.1) is 0 Å². The van der Waals surface area contributed by atoms with E-state index < -0.39 is 17.5 Å². The molecule has 0 bridgehead atoms. The first-order valence-corrected chi connectivity index (χ1v) is 5.72. The van der Waals surface area contributed by atoms with Gasteiger partial charge in [0, 0.05) is 32.6 Å². The first kappa shape index (κ1) is 14.1. The number of rotatable bonds is 3. The minimum absolute atomic E-state index is 0.0872. The Bertz CT molecular complexity index is 671. The maximum atomic E-state index is 12.7. The molecular formula is C13H12F3N3O. The zero-order valence-corrected chi connectivity index (χ0v) is 10.8. The van der Waals surface area contributed by atoms with Crippen LogP contribution in [0.5, 0.6) is 0 Å². The summed E-state index contributed by atoms with van der Waals surface area (Å²) in [6.07, 6.45) is 0.480. The van der Waals surface area contributed by atoms with E-state index in [2.05, 4.69) is 4.98 Å². The molecule has 2 aromatic heterocycles. The standard InChI is InChI=1S/C13H12F3N3O/c1-18(2)6-5-11(20)10-7-17-12-4-3-9(8-19(10)12)13(14,15)16/h3-8H,1-2H3. The van der Waals surface area contributed by atoms with E-state index >= 15 is 0 Å². The smallest absolute Gasteiger partial charge is 0.383 e. The topological polar surface area (TPSA) is 37.6 Å². The number of aromatic nitrogens is 2. The summed E-state index contributed by atoms with van der Waals surface area (Å²) in [5.41, 5.74) is -0.447. The van der Waals surface area contributed by atoms with Crippen molar-refractivity contribution in [3.8, 4) is 0 Å². The number of nitrogens with zero attached hydrogens (tertiary/aromatic N) is 3. The fourth-order valence-electron chi connectivity index (χ4n) is 1.63. The number of hydrogen-bond acceptors (Lipinski definition) is 3. The van der Waals surface area contributed by atoms with Crippen molar-refractivity contribution < 1.29 is 18.0 Å². The van der Waals surface area contributed by atoms with E-state index in [9.17, 15) is 18.0 Å². The van der Waals surface area contributed by atoms with Gasteiger partial charge in [0.15, 0.2) is 0 Å². The molecule has 4 nitrogen and oxygen atoms in total. The summed E-state index contributed by atoms with van der Waals surface area (Å²) in [6, 6.07) is 2.17. The molecule has 2 aromatic rings. The van der Waals surface area contributed by atoms with Crippen molar-refractivity contribution in [2.75, 3.05) is 14.1 Å². The number of allylic oxidation sites excluding steroid dienone is 1. The summed E-state index contributed by atoms with van der Waals surface area (Å²) in [4.78, 5) is 17.5. The molecule has 0 atom stereocenters. The average Bonchev–Trinajstić information content (AvgIpc) is 2.77. The summed E-state index contributed by atoms with van der Waals surface area (Å²) in [5, 5.41) is 0. The highest BCUT2D eigenvalue weighted by Crippen LogP contribution is 2.29. The van der Waals surface area contributed by atoms with E-state index in [1.165, 1.54) is 24.5 Å². The Hall–Kier alpha value is -2.31. The Morgan fingerprint density at radius 2 is 2.05 bits per heavy atom. The van der Waals surface area contributed by atoms with Crippen molar-refractivity contribution in [3.63, 3.8) is 0 Å². The van der Waals surface area contributed by atoms with E-state index in [1.54, 1.807) is 19.0 Å². The lowest BCUT2D eigenvalue weighted by Crippen LogP contribution is -2.09. The van der Waals surface area contributed by atoms with Crippen LogP contribution < -0.4 is 0 Å². The molecule has 0 aliphatic heterocycles. The number of alkyl halides is 3. The van der Waals surface area contributed by atoms with Crippen LogP contribution in [0.3, 0.4) is 0 Å². The van der Waals surface area contributed by atoms with Gasteiger partial charge in [-0.25, -0.2) is 4.98 Å². The predicted octanol–water partition coefficient (Wildman–Crippen LogP) is 2.61. The first-order chi connectivity index (χ1) is 9.29. The number of halogens is 3. The Labute approximate surface area is 113 Å². The molecule has 20 heavy (non-hydrogen) atoms. The molecular weight excluding hydrogens is 271 g/mol. The van der Waals surface area contributed by atoms with Crippen LogP contribution in [0.15, 0.2) is 36.8 Å². The van der Waals surface area contributed by atoms with E-state index in [-0.39, 0.29) is 5.69 Å². The van der Waals surface area contributed by atoms with Crippen LogP contribution in [0.25, 0.3) is 5.65 Å². The van der Waals surface area contributed by atoms with Crippen LogP contribution in [-0.2, 0) is 6.18 Å². The number of pyridine rings is 1. The Balaban J connectivity index is 2.47. The zero-order valence-electron chi connectivity index (χ0n) is 10.8. The van der Waals surface area contributed by atoms with Gasteiger partial charge in [-0.3, -0.25) is 9.20 Å². The lowest BCUT2D eigenvalue weighted by Gasteiger charge is -2.07. The van der Waals surface area contributed by atoms with Crippen LogP contribution in [0.4, 0.5) is 13.2 Å². The summed E-state index contributed by atoms with van der Waals surface area (Å²) >= 11 is 0. The predicted molar refractivity (Wildman–Crippen MR) is 67.4 cm³/mol. The van der Waals surface area contributed by atoms with Crippen molar-refractivity contribution >= 4 is 11.4 Å². The van der Waals surface area contributed by atoms with Gasteiger partial charge in [0.05, 0.1) is 11.8 Å². The molecule has 0 amide bonds. The Morgan fingerprint density at radius 3 is 2.65 bits per heavy atom. The van der Waals surface area contributed by atoms with E-state index in [1.807, 2.05) is 0 Å². The third kappa shape index (κ3) is 2.81. The second kappa shape index (κ2) is 4.99. The van der Waals surface area contributed by atoms with Crippen molar-refractivity contribution in [3.05, 3.63) is 48.1 Å². The fourth-order valence-corrected chi connectivity index (χ4v) is 1.63. The number of carbonyl (C=O) groups is 1. The lowest BCUT2D eigenvalue weighted by molar-refractivity contribution is -0.137. The van der Waals surface area contributed by atoms with Gasteiger partial charge in [0.1, 0.15) is 11.3 Å². The number of hydrogen-bond donors (Lipinski definition) is 0. The zero-order chi connectivity index (χ0) is 14.9. The molecule has 0 radical (unpaired) electrons. The minimum Gasteiger partial charge on any atom is -0.383 e. The SMILES string of the molecule is CN(C)C=CC(=O)c1cnc2ccc(C(F)(F)F)cn12. The molecule has 2 rings (SSSR count). The van der Waals surface area contributed by atoms with E-state index in [4.69, 9.17) is 0 Å². The van der Waals surface area contributed by atoms with Crippen LogP contribution in [0.2, 0.25) is 0 Å². The molecule has 0 saturated carbocycles. The largest absolute Gasteiger partial charge is 0.417 e. The van der Waals surface area contributed by atoms with Crippen LogP contribution in [0.1, 0.15) is 16.1 Å². The number of ketones is 1. The van der Waals surface area contributed by atoms with E-state index in [0.29, 0.717) is 5.65 Å². The average molecular weight is 283 g/mol. The molecule has 0 aliphatic carbocycles. The lowest BCUT2D eigenvalue weighted by atomic mass is 10.2. The summed E-state index contributed by atoms with van der Waals surface area (Å²) in [5.74, 6) is -0.412. The summed E-state index contributed by atoms with van der Waals surface area (Å²) in [6.45, 7) is 0. The van der Waals surface area contributed by atoms with Gasteiger partial charge < -0.3 is 4.90 Å². The molecule has 106 valence electrons. The van der Waals surface area contributed by atoms with Gasteiger partial charge in [0.25, 0.3) is 0 Å². The molecule has 0 fully saturated rings. The molecule has 0 N–H and O–H groups in total. The third-order valence-electron chi connectivity index (χ3n) is 2.61.